The van der Waals surface area contributed by atoms with Gasteiger partial charge in [-0.25, -0.2) is 0 Å². The Hall–Kier alpha value is -0.570. The summed E-state index contributed by atoms with van der Waals surface area (Å²) in [7, 11) is 0. The van der Waals surface area contributed by atoms with Crippen LogP contribution in [0, 0.1) is 0 Å². The molecular formula is C14H19ClO2. The van der Waals surface area contributed by atoms with E-state index in [2.05, 4.69) is 13.8 Å². The Labute approximate surface area is 108 Å². The Bertz CT molecular complexity index is 374. The summed E-state index contributed by atoms with van der Waals surface area (Å²) < 4.78 is 11.8. The van der Waals surface area contributed by atoms with Crippen molar-refractivity contribution >= 4 is 11.6 Å². The van der Waals surface area contributed by atoms with E-state index in [4.69, 9.17) is 21.1 Å². The van der Waals surface area contributed by atoms with Crippen molar-refractivity contribution in [2.75, 3.05) is 6.61 Å². The van der Waals surface area contributed by atoms with Crippen molar-refractivity contribution in [2.24, 2.45) is 0 Å². The van der Waals surface area contributed by atoms with Crippen molar-refractivity contribution in [2.45, 2.75) is 45.0 Å². The zero-order chi connectivity index (χ0) is 12.3. The molecule has 3 heteroatoms. The van der Waals surface area contributed by atoms with Crippen LogP contribution in [0.5, 0.6) is 0 Å². The molecule has 94 valence electrons. The monoisotopic (exact) mass is 254 g/mol. The van der Waals surface area contributed by atoms with Gasteiger partial charge >= 0.3 is 0 Å². The third-order valence-corrected chi connectivity index (χ3v) is 3.77. The maximum Gasteiger partial charge on any atom is 0.168 e. The fourth-order valence-electron chi connectivity index (χ4n) is 2.25. The maximum atomic E-state index is 6.15. The van der Waals surface area contributed by atoms with Gasteiger partial charge in [0.1, 0.15) is 0 Å². The van der Waals surface area contributed by atoms with E-state index in [1.165, 1.54) is 0 Å². The largest absolute Gasteiger partial charge is 0.347 e. The second kappa shape index (κ2) is 5.38. The topological polar surface area (TPSA) is 18.5 Å². The Morgan fingerprint density at radius 2 is 2.00 bits per heavy atom. The lowest BCUT2D eigenvalue weighted by molar-refractivity contribution is -0.171. The molecule has 1 unspecified atom stereocenters. The SMILES string of the molecule is CCC1(CC)OCC(Cc2ccccc2Cl)O1. The molecule has 1 aromatic rings. The van der Waals surface area contributed by atoms with Crippen LogP contribution in [0.1, 0.15) is 32.3 Å². The molecule has 1 heterocycles. The standard InChI is InChI=1S/C14H19ClO2/c1-3-14(4-2)16-10-12(17-14)9-11-7-5-6-8-13(11)15/h5-8,12H,3-4,9-10H2,1-2H3. The summed E-state index contributed by atoms with van der Waals surface area (Å²) in [6, 6.07) is 7.91. The first-order valence-electron chi connectivity index (χ1n) is 6.24. The van der Waals surface area contributed by atoms with Crippen LogP contribution in [0.2, 0.25) is 5.02 Å². The summed E-state index contributed by atoms with van der Waals surface area (Å²) in [5.74, 6) is -0.369. The summed E-state index contributed by atoms with van der Waals surface area (Å²) in [4.78, 5) is 0. The molecule has 2 nitrogen and oxygen atoms in total. The van der Waals surface area contributed by atoms with Gasteiger partial charge in [-0.15, -0.1) is 0 Å². The van der Waals surface area contributed by atoms with E-state index in [-0.39, 0.29) is 11.9 Å². The highest BCUT2D eigenvalue weighted by Crippen LogP contribution is 2.32. The van der Waals surface area contributed by atoms with Gasteiger partial charge in [0.05, 0.1) is 12.7 Å². The highest BCUT2D eigenvalue weighted by molar-refractivity contribution is 6.31. The van der Waals surface area contributed by atoms with Crippen molar-refractivity contribution < 1.29 is 9.47 Å². The molecule has 1 aromatic carbocycles. The molecule has 0 aliphatic carbocycles. The number of hydrogen-bond acceptors (Lipinski definition) is 2. The van der Waals surface area contributed by atoms with E-state index in [9.17, 15) is 0 Å². The maximum absolute atomic E-state index is 6.15. The average Bonchev–Trinajstić information content (AvgIpc) is 2.76. The quantitative estimate of drug-likeness (QED) is 0.813. The molecule has 1 atom stereocenters. The molecule has 0 saturated carbocycles. The lowest BCUT2D eigenvalue weighted by Gasteiger charge is -2.25. The van der Waals surface area contributed by atoms with Gasteiger partial charge in [-0.3, -0.25) is 0 Å². The van der Waals surface area contributed by atoms with Crippen molar-refractivity contribution in [3.8, 4) is 0 Å². The summed E-state index contributed by atoms with van der Waals surface area (Å²) in [6.07, 6.45) is 2.72. The summed E-state index contributed by atoms with van der Waals surface area (Å²) in [5, 5.41) is 0.807. The molecule has 1 saturated heterocycles. The highest BCUT2D eigenvalue weighted by atomic mass is 35.5. The van der Waals surface area contributed by atoms with Crippen LogP contribution in [0.15, 0.2) is 24.3 Å². The molecule has 0 radical (unpaired) electrons. The molecule has 0 bridgehead atoms. The molecule has 1 fully saturated rings. The van der Waals surface area contributed by atoms with Crippen LogP contribution in [0.4, 0.5) is 0 Å². The van der Waals surface area contributed by atoms with Gasteiger partial charge in [-0.2, -0.15) is 0 Å². The summed E-state index contributed by atoms with van der Waals surface area (Å²) in [5.41, 5.74) is 1.13. The van der Waals surface area contributed by atoms with Gasteiger partial charge in [0, 0.05) is 11.4 Å². The van der Waals surface area contributed by atoms with Crippen molar-refractivity contribution in [3.05, 3.63) is 34.9 Å². The molecule has 1 aliphatic rings. The molecule has 17 heavy (non-hydrogen) atoms. The Balaban J connectivity index is 2.01. The van der Waals surface area contributed by atoms with Gasteiger partial charge in [0.25, 0.3) is 0 Å². The predicted molar refractivity (Wildman–Crippen MR) is 69.3 cm³/mol. The average molecular weight is 255 g/mol. The third kappa shape index (κ3) is 2.82. The lowest BCUT2D eigenvalue weighted by atomic mass is 10.1. The second-order valence-corrected chi connectivity index (χ2v) is 4.87. The first-order valence-corrected chi connectivity index (χ1v) is 6.62. The highest BCUT2D eigenvalue weighted by Gasteiger charge is 2.38. The molecule has 0 spiro atoms. The van der Waals surface area contributed by atoms with Gasteiger partial charge in [-0.05, 0) is 24.5 Å². The van der Waals surface area contributed by atoms with Crippen LogP contribution in [0.3, 0.4) is 0 Å². The lowest BCUT2D eigenvalue weighted by Crippen LogP contribution is -2.29. The minimum atomic E-state index is -0.369. The fraction of sp³-hybridized carbons (Fsp3) is 0.571. The molecule has 0 aromatic heterocycles. The number of halogens is 1. The van der Waals surface area contributed by atoms with Gasteiger partial charge in [0.2, 0.25) is 0 Å². The first-order chi connectivity index (χ1) is 8.19. The van der Waals surface area contributed by atoms with E-state index >= 15 is 0 Å². The van der Waals surface area contributed by atoms with Crippen molar-refractivity contribution in [1.29, 1.82) is 0 Å². The third-order valence-electron chi connectivity index (χ3n) is 3.40. The van der Waals surface area contributed by atoms with Crippen LogP contribution in [0.25, 0.3) is 0 Å². The van der Waals surface area contributed by atoms with Gasteiger partial charge < -0.3 is 9.47 Å². The van der Waals surface area contributed by atoms with Crippen molar-refractivity contribution in [1.82, 2.24) is 0 Å². The Morgan fingerprint density at radius 3 is 2.59 bits per heavy atom. The van der Waals surface area contributed by atoms with Crippen molar-refractivity contribution in [3.63, 3.8) is 0 Å². The van der Waals surface area contributed by atoms with Gasteiger partial charge in [0.15, 0.2) is 5.79 Å². The minimum Gasteiger partial charge on any atom is -0.347 e. The molecule has 2 rings (SSSR count). The zero-order valence-corrected chi connectivity index (χ0v) is 11.2. The van der Waals surface area contributed by atoms with Crippen LogP contribution >= 0.6 is 11.6 Å². The zero-order valence-electron chi connectivity index (χ0n) is 10.4. The van der Waals surface area contributed by atoms with E-state index in [1.54, 1.807) is 0 Å². The van der Waals surface area contributed by atoms with E-state index in [0.29, 0.717) is 6.61 Å². The predicted octanol–water partition coefficient (Wildman–Crippen LogP) is 3.81. The van der Waals surface area contributed by atoms with E-state index in [0.717, 1.165) is 29.8 Å². The van der Waals surface area contributed by atoms with Crippen LogP contribution in [-0.2, 0) is 15.9 Å². The molecular weight excluding hydrogens is 236 g/mol. The van der Waals surface area contributed by atoms with E-state index in [1.807, 2.05) is 24.3 Å². The molecule has 0 amide bonds. The summed E-state index contributed by atoms with van der Waals surface area (Å²) in [6.45, 7) is 4.86. The number of hydrogen-bond donors (Lipinski definition) is 0. The van der Waals surface area contributed by atoms with Crippen LogP contribution in [-0.4, -0.2) is 18.5 Å². The first kappa shape index (κ1) is 12.9. The molecule has 1 aliphatic heterocycles. The number of rotatable bonds is 4. The number of benzene rings is 1. The fourth-order valence-corrected chi connectivity index (χ4v) is 2.46. The summed E-state index contributed by atoms with van der Waals surface area (Å²) >= 11 is 6.15. The normalized spacial score (nSPS) is 22.9. The Morgan fingerprint density at radius 1 is 1.29 bits per heavy atom. The van der Waals surface area contributed by atoms with Crippen LogP contribution < -0.4 is 0 Å². The smallest absolute Gasteiger partial charge is 0.168 e. The molecule has 0 N–H and O–H groups in total. The Kier molecular flexibility index (Phi) is 4.08. The van der Waals surface area contributed by atoms with Gasteiger partial charge in [-0.1, -0.05) is 43.6 Å². The second-order valence-electron chi connectivity index (χ2n) is 4.46. The number of ether oxygens (including phenoxy) is 2. The minimum absolute atomic E-state index is 0.120. The van der Waals surface area contributed by atoms with E-state index < -0.39 is 0 Å².